The molecule has 1 aromatic carbocycles. The van der Waals surface area contributed by atoms with Crippen LogP contribution >= 0.6 is 0 Å². The van der Waals surface area contributed by atoms with E-state index in [2.05, 4.69) is 22.2 Å². The predicted molar refractivity (Wildman–Crippen MR) is 111 cm³/mol. The Morgan fingerprint density at radius 1 is 1.14 bits per heavy atom. The standard InChI is InChI=1S/C22H31FN4O2/c1-17-20(21(26(2)25-17)27-8-12-29-13-9-27)15-24-16-22(6-10-28-11-7-22)18-4-3-5-19(23)14-18/h3-5,14,24H,6-13,15-16H2,1-2H3. The number of benzene rings is 1. The van der Waals surface area contributed by atoms with E-state index in [1.54, 1.807) is 6.07 Å². The van der Waals surface area contributed by atoms with Gasteiger partial charge in [0.25, 0.3) is 0 Å². The molecule has 2 saturated heterocycles. The molecule has 0 saturated carbocycles. The largest absolute Gasteiger partial charge is 0.381 e. The van der Waals surface area contributed by atoms with Crippen molar-refractivity contribution >= 4 is 5.82 Å². The van der Waals surface area contributed by atoms with E-state index in [4.69, 9.17) is 9.47 Å². The van der Waals surface area contributed by atoms with E-state index in [0.717, 1.165) is 63.5 Å². The lowest BCUT2D eigenvalue weighted by Gasteiger charge is -2.38. The zero-order valence-electron chi connectivity index (χ0n) is 17.4. The van der Waals surface area contributed by atoms with Crippen LogP contribution in [0.25, 0.3) is 0 Å². The number of hydrogen-bond donors (Lipinski definition) is 1. The van der Waals surface area contributed by atoms with Crippen molar-refractivity contribution in [2.45, 2.75) is 31.7 Å². The summed E-state index contributed by atoms with van der Waals surface area (Å²) in [5.74, 6) is 0.996. The van der Waals surface area contributed by atoms with Gasteiger partial charge in [0.2, 0.25) is 0 Å². The number of aryl methyl sites for hydroxylation is 2. The molecular formula is C22H31FN4O2. The first-order valence-corrected chi connectivity index (χ1v) is 10.5. The summed E-state index contributed by atoms with van der Waals surface area (Å²) in [6.45, 7) is 8.29. The first-order valence-electron chi connectivity index (χ1n) is 10.5. The highest BCUT2D eigenvalue weighted by Gasteiger charge is 2.34. The Morgan fingerprint density at radius 3 is 2.59 bits per heavy atom. The molecule has 0 atom stereocenters. The van der Waals surface area contributed by atoms with Gasteiger partial charge in [0, 0.05) is 57.4 Å². The highest BCUT2D eigenvalue weighted by molar-refractivity contribution is 5.50. The minimum Gasteiger partial charge on any atom is -0.381 e. The number of halogens is 1. The molecule has 1 aromatic heterocycles. The Balaban J connectivity index is 1.51. The fourth-order valence-electron chi connectivity index (χ4n) is 4.64. The summed E-state index contributed by atoms with van der Waals surface area (Å²) in [5, 5.41) is 8.34. The molecule has 0 aliphatic carbocycles. The van der Waals surface area contributed by atoms with Crippen LogP contribution in [0.5, 0.6) is 0 Å². The van der Waals surface area contributed by atoms with Crippen molar-refractivity contribution in [2.75, 3.05) is 51.0 Å². The van der Waals surface area contributed by atoms with Crippen LogP contribution in [0, 0.1) is 12.7 Å². The van der Waals surface area contributed by atoms with E-state index in [1.165, 1.54) is 17.4 Å². The number of hydrogen-bond acceptors (Lipinski definition) is 5. The number of nitrogens with one attached hydrogen (secondary N) is 1. The normalized spacial score (nSPS) is 19.5. The zero-order chi connectivity index (χ0) is 20.3. The van der Waals surface area contributed by atoms with E-state index >= 15 is 0 Å². The Bertz CT molecular complexity index is 826. The fourth-order valence-corrected chi connectivity index (χ4v) is 4.64. The van der Waals surface area contributed by atoms with Crippen molar-refractivity contribution in [3.8, 4) is 0 Å². The van der Waals surface area contributed by atoms with Crippen LogP contribution in [-0.2, 0) is 28.5 Å². The summed E-state index contributed by atoms with van der Waals surface area (Å²) in [5.41, 5.74) is 3.24. The van der Waals surface area contributed by atoms with Gasteiger partial charge in [0.1, 0.15) is 11.6 Å². The Morgan fingerprint density at radius 2 is 1.86 bits per heavy atom. The zero-order valence-corrected chi connectivity index (χ0v) is 17.4. The highest BCUT2D eigenvalue weighted by atomic mass is 19.1. The van der Waals surface area contributed by atoms with E-state index in [0.29, 0.717) is 13.2 Å². The van der Waals surface area contributed by atoms with Gasteiger partial charge < -0.3 is 19.7 Å². The Kier molecular flexibility index (Phi) is 6.18. The number of anilines is 1. The molecule has 0 spiro atoms. The van der Waals surface area contributed by atoms with Crippen LogP contribution in [0.3, 0.4) is 0 Å². The maximum Gasteiger partial charge on any atom is 0.131 e. The van der Waals surface area contributed by atoms with Crippen LogP contribution < -0.4 is 10.2 Å². The Hall–Kier alpha value is -1.96. The lowest BCUT2D eigenvalue weighted by atomic mass is 9.74. The average molecular weight is 403 g/mol. The molecule has 2 aliphatic rings. The molecule has 3 heterocycles. The van der Waals surface area contributed by atoms with E-state index in [-0.39, 0.29) is 11.2 Å². The van der Waals surface area contributed by atoms with E-state index in [1.807, 2.05) is 23.9 Å². The van der Waals surface area contributed by atoms with E-state index < -0.39 is 0 Å². The number of ether oxygens (including phenoxy) is 2. The minimum atomic E-state index is -0.175. The molecule has 1 N–H and O–H groups in total. The van der Waals surface area contributed by atoms with Crippen molar-refractivity contribution in [1.82, 2.24) is 15.1 Å². The number of nitrogens with zero attached hydrogens (tertiary/aromatic N) is 3. The van der Waals surface area contributed by atoms with Gasteiger partial charge in [-0.05, 0) is 37.5 Å². The van der Waals surface area contributed by atoms with Crippen molar-refractivity contribution < 1.29 is 13.9 Å². The highest BCUT2D eigenvalue weighted by Crippen LogP contribution is 2.35. The molecule has 158 valence electrons. The maximum absolute atomic E-state index is 13.9. The fraction of sp³-hybridized carbons (Fsp3) is 0.591. The first kappa shape index (κ1) is 20.3. The van der Waals surface area contributed by atoms with Crippen molar-refractivity contribution in [3.05, 3.63) is 46.9 Å². The second-order valence-corrected chi connectivity index (χ2v) is 8.12. The van der Waals surface area contributed by atoms with Gasteiger partial charge in [-0.1, -0.05) is 12.1 Å². The summed E-state index contributed by atoms with van der Waals surface area (Å²) < 4.78 is 27.0. The third kappa shape index (κ3) is 4.32. The second-order valence-electron chi connectivity index (χ2n) is 8.12. The lowest BCUT2D eigenvalue weighted by molar-refractivity contribution is 0.0496. The summed E-state index contributed by atoms with van der Waals surface area (Å²) in [6.07, 6.45) is 1.79. The van der Waals surface area contributed by atoms with Gasteiger partial charge >= 0.3 is 0 Å². The van der Waals surface area contributed by atoms with Gasteiger partial charge in [-0.2, -0.15) is 5.10 Å². The van der Waals surface area contributed by atoms with Crippen LogP contribution in [0.2, 0.25) is 0 Å². The molecule has 2 aliphatic heterocycles. The topological polar surface area (TPSA) is 51.5 Å². The molecule has 2 fully saturated rings. The van der Waals surface area contributed by atoms with E-state index in [9.17, 15) is 4.39 Å². The van der Waals surface area contributed by atoms with Gasteiger partial charge in [-0.15, -0.1) is 0 Å². The molecule has 0 amide bonds. The van der Waals surface area contributed by atoms with Crippen LogP contribution in [-0.4, -0.2) is 55.8 Å². The summed E-state index contributed by atoms with van der Waals surface area (Å²) in [6, 6.07) is 7.05. The predicted octanol–water partition coefficient (Wildman–Crippen LogP) is 2.54. The molecule has 29 heavy (non-hydrogen) atoms. The quantitative estimate of drug-likeness (QED) is 0.805. The molecule has 2 aromatic rings. The van der Waals surface area contributed by atoms with Crippen LogP contribution in [0.1, 0.15) is 29.7 Å². The molecule has 0 unspecified atom stereocenters. The smallest absolute Gasteiger partial charge is 0.131 e. The average Bonchev–Trinajstić information content (AvgIpc) is 3.02. The summed E-state index contributed by atoms with van der Waals surface area (Å²) in [7, 11) is 2.01. The number of rotatable bonds is 6. The minimum absolute atomic E-state index is 0.102. The summed E-state index contributed by atoms with van der Waals surface area (Å²) in [4.78, 5) is 2.36. The third-order valence-electron chi connectivity index (χ3n) is 6.28. The molecule has 6 nitrogen and oxygen atoms in total. The van der Waals surface area contributed by atoms with Crippen molar-refractivity contribution in [1.29, 1.82) is 0 Å². The molecule has 0 radical (unpaired) electrons. The van der Waals surface area contributed by atoms with Crippen molar-refractivity contribution in [2.24, 2.45) is 7.05 Å². The third-order valence-corrected chi connectivity index (χ3v) is 6.28. The van der Waals surface area contributed by atoms with Crippen molar-refractivity contribution in [3.63, 3.8) is 0 Å². The van der Waals surface area contributed by atoms with Crippen LogP contribution in [0.4, 0.5) is 10.2 Å². The number of aromatic nitrogens is 2. The number of morpholine rings is 1. The van der Waals surface area contributed by atoms with Gasteiger partial charge in [0.15, 0.2) is 0 Å². The molecule has 4 rings (SSSR count). The lowest BCUT2D eigenvalue weighted by Crippen LogP contribution is -2.43. The first-order chi connectivity index (χ1) is 14.1. The SMILES string of the molecule is Cc1nn(C)c(N2CCOCC2)c1CNCC1(c2cccc(F)c2)CCOCC1. The molecular weight excluding hydrogens is 371 g/mol. The molecule has 7 heteroatoms. The second kappa shape index (κ2) is 8.81. The van der Waals surface area contributed by atoms with Gasteiger partial charge in [-0.25, -0.2) is 4.39 Å². The Labute approximate surface area is 172 Å². The molecule has 0 bridgehead atoms. The summed E-state index contributed by atoms with van der Waals surface area (Å²) >= 11 is 0. The van der Waals surface area contributed by atoms with Gasteiger partial charge in [0.05, 0.1) is 18.9 Å². The van der Waals surface area contributed by atoms with Gasteiger partial charge in [-0.3, -0.25) is 4.68 Å². The maximum atomic E-state index is 13.9. The van der Waals surface area contributed by atoms with Crippen LogP contribution in [0.15, 0.2) is 24.3 Å². The monoisotopic (exact) mass is 402 g/mol.